The Balaban J connectivity index is 1.49. The van der Waals surface area contributed by atoms with E-state index < -0.39 is 17.9 Å². The standard InChI is InChI=1S/C27H30F3N7O2/c1-3-39-20-7-4-6-19(16-20)22-17-23(34-26(33-22)35-12-14-38-15-13-35)37-11-10-36(18-24(37)31-2)25-21(27(28,29)30)8-5-9-32-25/h4-9,16-17,24H,2-3,10-15,18H2,1H3/p+1. The van der Waals surface area contributed by atoms with Crippen LogP contribution < -0.4 is 24.4 Å². The van der Waals surface area contributed by atoms with E-state index in [0.717, 1.165) is 23.1 Å². The number of nitrogens with zero attached hydrogens (tertiary/aromatic N) is 6. The van der Waals surface area contributed by atoms with E-state index in [0.29, 0.717) is 57.8 Å². The number of morpholine rings is 1. The number of hydrogen-bond donors (Lipinski definition) is 1. The number of hydrogen-bond acceptors (Lipinski definition) is 8. The molecule has 2 aromatic heterocycles. The lowest BCUT2D eigenvalue weighted by atomic mass is 10.1. The maximum Gasteiger partial charge on any atom is 0.419 e. The number of rotatable bonds is 7. The summed E-state index contributed by atoms with van der Waals surface area (Å²) in [6.45, 7) is 9.77. The first-order valence-corrected chi connectivity index (χ1v) is 12.9. The first-order valence-electron chi connectivity index (χ1n) is 12.9. The lowest BCUT2D eigenvalue weighted by Crippen LogP contribution is -2.84. The van der Waals surface area contributed by atoms with E-state index in [4.69, 9.17) is 19.4 Å². The Bertz CT molecular complexity index is 1300. The molecule has 0 aliphatic carbocycles. The number of ether oxygens (including phenoxy) is 2. The number of nitrogens with one attached hydrogen (secondary N) is 1. The van der Waals surface area contributed by atoms with Gasteiger partial charge in [-0.15, -0.1) is 0 Å². The fourth-order valence-electron chi connectivity index (χ4n) is 4.83. The van der Waals surface area contributed by atoms with Crippen molar-refractivity contribution < 1.29 is 27.6 Å². The Morgan fingerprint density at radius 1 is 1.05 bits per heavy atom. The summed E-state index contributed by atoms with van der Waals surface area (Å²) in [7, 11) is 0. The number of anilines is 3. The molecule has 0 amide bonds. The first-order chi connectivity index (χ1) is 18.9. The van der Waals surface area contributed by atoms with Crippen molar-refractivity contribution in [3.8, 4) is 17.0 Å². The van der Waals surface area contributed by atoms with Crippen molar-refractivity contribution in [1.82, 2.24) is 15.0 Å². The summed E-state index contributed by atoms with van der Waals surface area (Å²) in [5.74, 6) is 1.88. The van der Waals surface area contributed by atoms with Crippen LogP contribution in [0.3, 0.4) is 0 Å². The monoisotopic (exact) mass is 542 g/mol. The molecule has 39 heavy (non-hydrogen) atoms. The van der Waals surface area contributed by atoms with Crippen LogP contribution in [0.2, 0.25) is 0 Å². The molecule has 1 unspecified atom stereocenters. The zero-order valence-electron chi connectivity index (χ0n) is 21.7. The van der Waals surface area contributed by atoms with Crippen molar-refractivity contribution in [3.05, 3.63) is 54.2 Å². The number of benzene rings is 1. The molecule has 2 aliphatic heterocycles. The summed E-state index contributed by atoms with van der Waals surface area (Å²) >= 11 is 0. The highest BCUT2D eigenvalue weighted by Gasteiger charge is 2.39. The number of alkyl halides is 3. The minimum atomic E-state index is -4.50. The highest BCUT2D eigenvalue weighted by molar-refractivity contribution is 5.67. The Kier molecular flexibility index (Phi) is 7.82. The van der Waals surface area contributed by atoms with Crippen LogP contribution in [0.4, 0.5) is 30.8 Å². The van der Waals surface area contributed by atoms with Gasteiger partial charge in [0.15, 0.2) is 0 Å². The van der Waals surface area contributed by atoms with Gasteiger partial charge in [-0.1, -0.05) is 12.1 Å². The summed E-state index contributed by atoms with van der Waals surface area (Å²) in [5, 5.41) is 0. The smallest absolute Gasteiger partial charge is 0.419 e. The van der Waals surface area contributed by atoms with Crippen molar-refractivity contribution in [2.45, 2.75) is 19.3 Å². The number of aromatic nitrogens is 3. The Morgan fingerprint density at radius 2 is 1.87 bits per heavy atom. The van der Waals surface area contributed by atoms with E-state index in [1.807, 2.05) is 42.2 Å². The van der Waals surface area contributed by atoms with Crippen LogP contribution in [0, 0.1) is 0 Å². The van der Waals surface area contributed by atoms with Gasteiger partial charge in [-0.05, 0) is 31.2 Å². The molecule has 5 rings (SSSR count). The summed E-state index contributed by atoms with van der Waals surface area (Å²) in [6.07, 6.45) is -3.54. The average molecular weight is 543 g/mol. The third-order valence-corrected chi connectivity index (χ3v) is 6.74. The lowest BCUT2D eigenvalue weighted by molar-refractivity contribution is -0.491. The lowest BCUT2D eigenvalue weighted by Gasteiger charge is -2.38. The minimum absolute atomic E-state index is 0.0879. The fourth-order valence-corrected chi connectivity index (χ4v) is 4.83. The van der Waals surface area contributed by atoms with Crippen molar-refractivity contribution in [3.63, 3.8) is 0 Å². The largest absolute Gasteiger partial charge is 0.494 e. The molecule has 2 aliphatic rings. The van der Waals surface area contributed by atoms with E-state index in [1.54, 1.807) is 4.90 Å². The normalized spacial score (nSPS) is 18.3. The van der Waals surface area contributed by atoms with E-state index in [-0.39, 0.29) is 12.4 Å². The predicted molar refractivity (Wildman–Crippen MR) is 142 cm³/mol. The van der Waals surface area contributed by atoms with Gasteiger partial charge in [0.1, 0.15) is 30.6 Å². The molecular weight excluding hydrogens is 511 g/mol. The number of pyridine rings is 1. The van der Waals surface area contributed by atoms with Crippen molar-refractivity contribution in [2.24, 2.45) is 0 Å². The predicted octanol–water partition coefficient (Wildman–Crippen LogP) is 2.23. The van der Waals surface area contributed by atoms with Gasteiger partial charge in [-0.3, -0.25) is 4.90 Å². The molecule has 1 N–H and O–H groups in total. The molecule has 4 heterocycles. The van der Waals surface area contributed by atoms with Crippen molar-refractivity contribution >= 4 is 24.3 Å². The number of piperazine rings is 1. The van der Waals surface area contributed by atoms with Crippen molar-refractivity contribution in [2.75, 3.05) is 67.2 Å². The number of halogens is 3. The molecular formula is C27H31F3N7O2+. The summed E-state index contributed by atoms with van der Waals surface area (Å²) in [4.78, 5) is 22.6. The van der Waals surface area contributed by atoms with Crippen LogP contribution in [0.5, 0.6) is 5.75 Å². The van der Waals surface area contributed by atoms with Gasteiger partial charge in [-0.2, -0.15) is 18.2 Å². The summed E-state index contributed by atoms with van der Waals surface area (Å²) < 4.78 is 52.3. The molecule has 1 atom stereocenters. The second-order valence-electron chi connectivity index (χ2n) is 9.20. The quantitative estimate of drug-likeness (QED) is 0.456. The molecule has 0 spiro atoms. The maximum atomic E-state index is 13.7. The fraction of sp³-hybridized carbons (Fsp3) is 0.407. The molecule has 0 bridgehead atoms. The Hall–Kier alpha value is -3.93. The zero-order chi connectivity index (χ0) is 27.4. The van der Waals surface area contributed by atoms with Crippen LogP contribution in [-0.4, -0.2) is 80.4 Å². The van der Waals surface area contributed by atoms with Gasteiger partial charge in [0, 0.05) is 44.0 Å². The van der Waals surface area contributed by atoms with Gasteiger partial charge in [-0.25, -0.2) is 15.0 Å². The molecule has 3 aromatic rings. The van der Waals surface area contributed by atoms with Gasteiger partial charge in [0.2, 0.25) is 12.1 Å². The molecule has 9 nitrogen and oxygen atoms in total. The second-order valence-corrected chi connectivity index (χ2v) is 9.20. The van der Waals surface area contributed by atoms with Gasteiger partial charge >= 0.3 is 6.18 Å². The minimum Gasteiger partial charge on any atom is -0.494 e. The average Bonchev–Trinajstić information content (AvgIpc) is 2.97. The molecule has 1 aromatic carbocycles. The van der Waals surface area contributed by atoms with Crippen LogP contribution >= 0.6 is 0 Å². The van der Waals surface area contributed by atoms with Crippen LogP contribution in [0.1, 0.15) is 12.5 Å². The molecule has 0 radical (unpaired) electrons. The van der Waals surface area contributed by atoms with E-state index in [2.05, 4.69) is 21.6 Å². The van der Waals surface area contributed by atoms with E-state index >= 15 is 0 Å². The van der Waals surface area contributed by atoms with E-state index in [9.17, 15) is 13.2 Å². The van der Waals surface area contributed by atoms with Gasteiger partial charge < -0.3 is 19.3 Å². The third kappa shape index (κ3) is 5.90. The van der Waals surface area contributed by atoms with Gasteiger partial charge in [0.05, 0.1) is 31.1 Å². The van der Waals surface area contributed by atoms with E-state index in [1.165, 1.54) is 12.3 Å². The molecule has 0 saturated carbocycles. The Morgan fingerprint density at radius 3 is 2.62 bits per heavy atom. The Labute approximate surface area is 224 Å². The zero-order valence-corrected chi connectivity index (χ0v) is 21.7. The third-order valence-electron chi connectivity index (χ3n) is 6.74. The summed E-state index contributed by atoms with van der Waals surface area (Å²) in [6, 6.07) is 12.0. The first kappa shape index (κ1) is 26.7. The molecule has 12 heteroatoms. The molecule has 206 valence electrons. The van der Waals surface area contributed by atoms with Gasteiger partial charge in [0.25, 0.3) is 0 Å². The van der Waals surface area contributed by atoms with Crippen LogP contribution in [0.15, 0.2) is 48.7 Å². The molecule has 2 fully saturated rings. The van der Waals surface area contributed by atoms with Crippen LogP contribution in [-0.2, 0) is 10.9 Å². The topological polar surface area (TPSA) is 80.8 Å². The highest BCUT2D eigenvalue weighted by Crippen LogP contribution is 2.36. The highest BCUT2D eigenvalue weighted by atomic mass is 19.4. The SMILES string of the molecule is C=[NH+]C1CN(c2ncccc2C(F)(F)F)CCN1c1cc(-c2cccc(OCC)c2)nc(N2CCOCC2)n1. The second kappa shape index (κ2) is 11.4. The van der Waals surface area contributed by atoms with Crippen LogP contribution in [0.25, 0.3) is 11.3 Å². The molecule has 2 saturated heterocycles. The maximum absolute atomic E-state index is 13.7. The summed E-state index contributed by atoms with van der Waals surface area (Å²) in [5.41, 5.74) is 0.840. The van der Waals surface area contributed by atoms with Crippen molar-refractivity contribution in [1.29, 1.82) is 0 Å².